The maximum atomic E-state index is 13.2. The summed E-state index contributed by atoms with van der Waals surface area (Å²) in [4.78, 5) is 11.1. The van der Waals surface area contributed by atoms with Crippen molar-refractivity contribution in [2.24, 2.45) is 5.73 Å². The van der Waals surface area contributed by atoms with E-state index >= 15 is 0 Å². The van der Waals surface area contributed by atoms with Crippen molar-refractivity contribution in [3.8, 4) is 0 Å². The monoisotopic (exact) mass is 278 g/mol. The summed E-state index contributed by atoms with van der Waals surface area (Å²) in [6, 6.07) is 1.77. The molecule has 0 aliphatic carbocycles. The molecule has 3 N–H and O–H groups in total. The maximum absolute atomic E-state index is 13.2. The Morgan fingerprint density at radius 2 is 2.13 bits per heavy atom. The topological polar surface area (TPSA) is 55.1 Å². The Hall–Kier alpha value is -1.01. The molecule has 1 rings (SSSR count). The number of nitrogens with one attached hydrogen (secondary N) is 1. The summed E-state index contributed by atoms with van der Waals surface area (Å²) in [6.07, 6.45) is 0.0866. The third kappa shape index (κ3) is 3.24. The summed E-state index contributed by atoms with van der Waals surface area (Å²) >= 11 is 2.95. The van der Waals surface area contributed by atoms with Gasteiger partial charge in [0.2, 0.25) is 5.91 Å². The van der Waals surface area contributed by atoms with Crippen molar-refractivity contribution in [2.75, 3.05) is 11.9 Å². The molecule has 1 aromatic rings. The zero-order chi connectivity index (χ0) is 11.4. The highest BCUT2D eigenvalue weighted by Crippen LogP contribution is 2.26. The van der Waals surface area contributed by atoms with Crippen molar-refractivity contribution in [2.45, 2.75) is 6.42 Å². The molecule has 6 heteroatoms. The van der Waals surface area contributed by atoms with Crippen LogP contribution in [0.25, 0.3) is 0 Å². The highest BCUT2D eigenvalue weighted by Gasteiger charge is 2.11. The van der Waals surface area contributed by atoms with Gasteiger partial charge in [-0.25, -0.2) is 8.78 Å². The second kappa shape index (κ2) is 5.18. The lowest BCUT2D eigenvalue weighted by atomic mass is 10.3. The smallest absolute Gasteiger partial charge is 0.225 e. The van der Waals surface area contributed by atoms with Crippen LogP contribution in [0.2, 0.25) is 0 Å². The number of nitrogens with two attached hydrogens (primary N) is 1. The standard InChI is InChI=1S/C9H9BrF2N2O/c10-6-3-5(11)4-7(12)9(6)14-8(15)1-2-13/h3-4H,1-2,13H2,(H,14,15). The Labute approximate surface area is 93.8 Å². The molecule has 1 aromatic carbocycles. The molecule has 1 amide bonds. The summed E-state index contributed by atoms with van der Waals surface area (Å²) in [7, 11) is 0. The van der Waals surface area contributed by atoms with Gasteiger partial charge in [0, 0.05) is 23.5 Å². The molecule has 82 valence electrons. The lowest BCUT2D eigenvalue weighted by molar-refractivity contribution is -0.116. The number of halogens is 3. The molecular formula is C9H9BrF2N2O. The van der Waals surface area contributed by atoms with Crippen LogP contribution in [-0.2, 0) is 4.79 Å². The first-order valence-corrected chi connectivity index (χ1v) is 4.98. The summed E-state index contributed by atoms with van der Waals surface area (Å²) in [5.74, 6) is -1.95. The van der Waals surface area contributed by atoms with Crippen LogP contribution in [-0.4, -0.2) is 12.5 Å². The average Bonchev–Trinajstić information content (AvgIpc) is 2.11. The van der Waals surface area contributed by atoms with Crippen LogP contribution >= 0.6 is 15.9 Å². The highest BCUT2D eigenvalue weighted by atomic mass is 79.9. The van der Waals surface area contributed by atoms with E-state index in [1.54, 1.807) is 0 Å². The van der Waals surface area contributed by atoms with Crippen molar-refractivity contribution in [3.05, 3.63) is 28.2 Å². The molecule has 3 nitrogen and oxygen atoms in total. The van der Waals surface area contributed by atoms with Crippen LogP contribution in [0.4, 0.5) is 14.5 Å². The lowest BCUT2D eigenvalue weighted by Gasteiger charge is -2.07. The maximum Gasteiger partial charge on any atom is 0.225 e. The molecule has 0 unspecified atom stereocenters. The van der Waals surface area contributed by atoms with Crippen LogP contribution in [0.5, 0.6) is 0 Å². The molecule has 0 aliphatic rings. The van der Waals surface area contributed by atoms with Crippen molar-refractivity contribution in [1.29, 1.82) is 0 Å². The van der Waals surface area contributed by atoms with E-state index in [1.165, 1.54) is 0 Å². The number of hydrogen-bond donors (Lipinski definition) is 2. The molecule has 0 aromatic heterocycles. The quantitative estimate of drug-likeness (QED) is 0.889. The van der Waals surface area contributed by atoms with Gasteiger partial charge in [-0.1, -0.05) is 0 Å². The molecule has 15 heavy (non-hydrogen) atoms. The van der Waals surface area contributed by atoms with Gasteiger partial charge in [-0.05, 0) is 22.0 Å². The minimum atomic E-state index is -0.827. The van der Waals surface area contributed by atoms with Gasteiger partial charge in [0.25, 0.3) is 0 Å². The first-order chi connectivity index (χ1) is 7.04. The number of rotatable bonds is 3. The number of carbonyl (C=O) groups is 1. The van der Waals surface area contributed by atoms with E-state index in [0.29, 0.717) is 6.07 Å². The number of benzene rings is 1. The van der Waals surface area contributed by atoms with E-state index in [9.17, 15) is 13.6 Å². The van der Waals surface area contributed by atoms with Gasteiger partial charge in [-0.3, -0.25) is 4.79 Å². The van der Waals surface area contributed by atoms with E-state index < -0.39 is 17.5 Å². The van der Waals surface area contributed by atoms with E-state index in [1.807, 2.05) is 0 Å². The SMILES string of the molecule is NCCC(=O)Nc1c(F)cc(F)cc1Br. The fraction of sp³-hybridized carbons (Fsp3) is 0.222. The molecular weight excluding hydrogens is 270 g/mol. The summed E-state index contributed by atoms with van der Waals surface area (Å²) < 4.78 is 26.0. The third-order valence-electron chi connectivity index (χ3n) is 1.64. The number of hydrogen-bond acceptors (Lipinski definition) is 2. The predicted octanol–water partition coefficient (Wildman–Crippen LogP) is 2.01. The third-order valence-corrected chi connectivity index (χ3v) is 2.27. The second-order valence-corrected chi connectivity index (χ2v) is 3.69. The van der Waals surface area contributed by atoms with E-state index in [-0.39, 0.29) is 23.1 Å². The highest BCUT2D eigenvalue weighted by molar-refractivity contribution is 9.10. The minimum absolute atomic E-state index is 0.0742. The lowest BCUT2D eigenvalue weighted by Crippen LogP contribution is -2.17. The first kappa shape index (κ1) is 12.1. The van der Waals surface area contributed by atoms with Gasteiger partial charge in [-0.15, -0.1) is 0 Å². The zero-order valence-electron chi connectivity index (χ0n) is 7.69. The molecule has 0 atom stereocenters. The van der Waals surface area contributed by atoms with Crippen LogP contribution in [0.15, 0.2) is 16.6 Å². The molecule has 0 spiro atoms. The summed E-state index contributed by atoms with van der Waals surface area (Å²) in [6.45, 7) is 0.173. The molecule has 0 aliphatic heterocycles. The average molecular weight is 279 g/mol. The molecule has 0 fully saturated rings. The Bertz CT molecular complexity index is 361. The van der Waals surface area contributed by atoms with Gasteiger partial charge < -0.3 is 11.1 Å². The molecule has 0 saturated heterocycles. The first-order valence-electron chi connectivity index (χ1n) is 4.19. The minimum Gasteiger partial charge on any atom is -0.330 e. The summed E-state index contributed by atoms with van der Waals surface area (Å²) in [5.41, 5.74) is 5.08. The number of amides is 1. The fourth-order valence-corrected chi connectivity index (χ4v) is 1.50. The van der Waals surface area contributed by atoms with Gasteiger partial charge in [0.05, 0.1) is 5.69 Å². The van der Waals surface area contributed by atoms with E-state index in [0.717, 1.165) is 6.07 Å². The van der Waals surface area contributed by atoms with Crippen LogP contribution < -0.4 is 11.1 Å². The Balaban J connectivity index is 2.90. The molecule has 0 bridgehead atoms. The zero-order valence-corrected chi connectivity index (χ0v) is 9.27. The second-order valence-electron chi connectivity index (χ2n) is 2.83. The van der Waals surface area contributed by atoms with Crippen molar-refractivity contribution >= 4 is 27.5 Å². The Kier molecular flexibility index (Phi) is 4.16. The van der Waals surface area contributed by atoms with Crippen molar-refractivity contribution < 1.29 is 13.6 Å². The van der Waals surface area contributed by atoms with Gasteiger partial charge in [0.15, 0.2) is 5.82 Å². The van der Waals surface area contributed by atoms with Gasteiger partial charge in [-0.2, -0.15) is 0 Å². The fourth-order valence-electron chi connectivity index (χ4n) is 0.995. The normalized spacial score (nSPS) is 10.1. The molecule has 0 radical (unpaired) electrons. The van der Waals surface area contributed by atoms with Crippen LogP contribution in [0, 0.1) is 11.6 Å². The van der Waals surface area contributed by atoms with Crippen molar-refractivity contribution in [3.63, 3.8) is 0 Å². The van der Waals surface area contributed by atoms with E-state index in [4.69, 9.17) is 5.73 Å². The number of anilines is 1. The van der Waals surface area contributed by atoms with Gasteiger partial charge in [0.1, 0.15) is 5.82 Å². The van der Waals surface area contributed by atoms with Crippen LogP contribution in [0.1, 0.15) is 6.42 Å². The number of carbonyl (C=O) groups excluding carboxylic acids is 1. The predicted molar refractivity (Wildman–Crippen MR) is 56.4 cm³/mol. The summed E-state index contributed by atoms with van der Waals surface area (Å²) in [5, 5.41) is 2.30. The Morgan fingerprint density at radius 1 is 1.47 bits per heavy atom. The van der Waals surface area contributed by atoms with Crippen LogP contribution in [0.3, 0.4) is 0 Å². The van der Waals surface area contributed by atoms with Gasteiger partial charge >= 0.3 is 0 Å². The van der Waals surface area contributed by atoms with Crippen molar-refractivity contribution in [1.82, 2.24) is 0 Å². The molecule has 0 saturated carbocycles. The largest absolute Gasteiger partial charge is 0.330 e. The Morgan fingerprint density at radius 3 is 2.67 bits per heavy atom. The van der Waals surface area contributed by atoms with E-state index in [2.05, 4.69) is 21.2 Å². The molecule has 0 heterocycles.